The summed E-state index contributed by atoms with van der Waals surface area (Å²) in [5.41, 5.74) is 2.79. The fraction of sp³-hybridized carbons (Fsp3) is 0.562. The number of hydrogen-bond acceptors (Lipinski definition) is 3. The normalized spacial score (nSPS) is 18.1. The molecule has 4 nitrogen and oxygen atoms in total. The van der Waals surface area contributed by atoms with Gasteiger partial charge in [-0.1, -0.05) is 18.9 Å². The van der Waals surface area contributed by atoms with Gasteiger partial charge in [-0.2, -0.15) is 0 Å². The number of para-hydroxylation sites is 1. The summed E-state index contributed by atoms with van der Waals surface area (Å²) in [5.74, 6) is 0.819. The molecule has 4 heteroatoms. The van der Waals surface area contributed by atoms with E-state index < -0.39 is 0 Å². The van der Waals surface area contributed by atoms with Gasteiger partial charge in [0.2, 0.25) is 0 Å². The lowest BCUT2D eigenvalue weighted by atomic mass is 10.1. The molecule has 108 valence electrons. The topological polar surface area (TPSA) is 44.4 Å². The van der Waals surface area contributed by atoms with E-state index in [1.807, 2.05) is 30.1 Å². The fourth-order valence-corrected chi connectivity index (χ4v) is 3.32. The Morgan fingerprint density at radius 2 is 2.00 bits per heavy atom. The van der Waals surface area contributed by atoms with Gasteiger partial charge in [0.1, 0.15) is 0 Å². The zero-order chi connectivity index (χ0) is 13.9. The minimum Gasteiger partial charge on any atom is -0.382 e. The van der Waals surface area contributed by atoms with Gasteiger partial charge in [0.15, 0.2) is 0 Å². The molecule has 1 aliphatic heterocycles. The van der Waals surface area contributed by atoms with Crippen molar-refractivity contribution in [3.05, 3.63) is 23.8 Å². The van der Waals surface area contributed by atoms with Crippen LogP contribution in [-0.2, 0) is 0 Å². The molecule has 1 fully saturated rings. The Labute approximate surface area is 120 Å². The number of carbonyl (C=O) groups excluding carboxylic acids is 1. The smallest absolute Gasteiger partial charge is 0.255 e. The largest absolute Gasteiger partial charge is 0.382 e. The van der Waals surface area contributed by atoms with E-state index in [-0.39, 0.29) is 5.91 Å². The Hall–Kier alpha value is -1.71. The van der Waals surface area contributed by atoms with Crippen LogP contribution in [0.25, 0.3) is 0 Å². The lowest BCUT2D eigenvalue weighted by molar-refractivity contribution is 0.0774. The highest BCUT2D eigenvalue weighted by atomic mass is 16.2. The van der Waals surface area contributed by atoms with Gasteiger partial charge in [0.25, 0.3) is 5.91 Å². The van der Waals surface area contributed by atoms with Crippen LogP contribution in [0.3, 0.4) is 0 Å². The Kier molecular flexibility index (Phi) is 3.81. The molecule has 0 spiro atoms. The van der Waals surface area contributed by atoms with Crippen LogP contribution < -0.4 is 10.6 Å². The number of carbonyl (C=O) groups is 1. The van der Waals surface area contributed by atoms with Gasteiger partial charge in [-0.15, -0.1) is 0 Å². The predicted molar refractivity (Wildman–Crippen MR) is 82.3 cm³/mol. The Balaban J connectivity index is 1.76. The number of fused-ring (bicyclic) bond motifs is 1. The Morgan fingerprint density at radius 1 is 1.25 bits per heavy atom. The second-order valence-corrected chi connectivity index (χ2v) is 5.92. The van der Waals surface area contributed by atoms with Gasteiger partial charge in [-0.05, 0) is 30.9 Å². The standard InChI is InChI=1S/C16H23N3O/c1-19(11-12-5-2-3-6-12)16(20)13-7-4-8-14-15(13)18-10-9-17-14/h4,7-8,12,17-18H,2-3,5-6,9-11H2,1H3. The average molecular weight is 273 g/mol. The van der Waals surface area contributed by atoms with Crippen LogP contribution >= 0.6 is 0 Å². The van der Waals surface area contributed by atoms with Crippen LogP contribution in [0.1, 0.15) is 36.0 Å². The summed E-state index contributed by atoms with van der Waals surface area (Å²) in [5, 5.41) is 6.69. The molecular formula is C16H23N3O. The predicted octanol–water partition coefficient (Wildman–Crippen LogP) is 2.79. The van der Waals surface area contributed by atoms with Crippen molar-refractivity contribution in [1.29, 1.82) is 0 Å². The summed E-state index contributed by atoms with van der Waals surface area (Å²) in [6.07, 6.45) is 5.17. The summed E-state index contributed by atoms with van der Waals surface area (Å²) in [6, 6.07) is 5.90. The van der Waals surface area contributed by atoms with E-state index in [1.54, 1.807) is 0 Å². The minimum atomic E-state index is 0.130. The SMILES string of the molecule is CN(CC1CCCC1)C(=O)c1cccc2c1NCCN2. The molecule has 0 radical (unpaired) electrons. The number of benzene rings is 1. The lowest BCUT2D eigenvalue weighted by Crippen LogP contribution is -2.32. The van der Waals surface area contributed by atoms with Crippen molar-refractivity contribution < 1.29 is 4.79 Å². The number of anilines is 2. The lowest BCUT2D eigenvalue weighted by Gasteiger charge is -2.26. The molecule has 3 rings (SSSR count). The van der Waals surface area contributed by atoms with Crippen molar-refractivity contribution in [2.24, 2.45) is 5.92 Å². The third-order valence-electron chi connectivity index (χ3n) is 4.39. The van der Waals surface area contributed by atoms with Crippen molar-refractivity contribution in [3.8, 4) is 0 Å². The molecular weight excluding hydrogens is 250 g/mol. The second-order valence-electron chi connectivity index (χ2n) is 5.92. The van der Waals surface area contributed by atoms with E-state index >= 15 is 0 Å². The summed E-state index contributed by atoms with van der Waals surface area (Å²) in [6.45, 7) is 2.65. The summed E-state index contributed by atoms with van der Waals surface area (Å²) < 4.78 is 0. The molecule has 1 heterocycles. The molecule has 0 aromatic heterocycles. The quantitative estimate of drug-likeness (QED) is 0.890. The molecule has 1 aliphatic carbocycles. The number of amides is 1. The van der Waals surface area contributed by atoms with E-state index in [0.29, 0.717) is 5.92 Å². The van der Waals surface area contributed by atoms with Crippen molar-refractivity contribution in [2.75, 3.05) is 37.3 Å². The summed E-state index contributed by atoms with van der Waals surface area (Å²) in [7, 11) is 1.93. The molecule has 2 aliphatic rings. The molecule has 1 aromatic carbocycles. The zero-order valence-corrected chi connectivity index (χ0v) is 12.1. The highest BCUT2D eigenvalue weighted by molar-refractivity contribution is 6.02. The minimum absolute atomic E-state index is 0.130. The molecule has 0 saturated heterocycles. The first-order chi connectivity index (χ1) is 9.75. The number of hydrogen-bond donors (Lipinski definition) is 2. The molecule has 2 N–H and O–H groups in total. The van der Waals surface area contributed by atoms with E-state index in [1.165, 1.54) is 25.7 Å². The van der Waals surface area contributed by atoms with Crippen LogP contribution in [0.15, 0.2) is 18.2 Å². The van der Waals surface area contributed by atoms with Gasteiger partial charge >= 0.3 is 0 Å². The number of rotatable bonds is 3. The van der Waals surface area contributed by atoms with E-state index in [4.69, 9.17) is 0 Å². The van der Waals surface area contributed by atoms with Gasteiger partial charge in [0, 0.05) is 26.7 Å². The Morgan fingerprint density at radius 3 is 2.80 bits per heavy atom. The van der Waals surface area contributed by atoms with E-state index in [2.05, 4.69) is 10.6 Å². The summed E-state index contributed by atoms with van der Waals surface area (Å²) in [4.78, 5) is 14.6. The van der Waals surface area contributed by atoms with Crippen LogP contribution in [0, 0.1) is 5.92 Å². The van der Waals surface area contributed by atoms with E-state index in [9.17, 15) is 4.79 Å². The van der Waals surface area contributed by atoms with E-state index in [0.717, 1.165) is 36.6 Å². The first-order valence-corrected chi connectivity index (χ1v) is 7.62. The zero-order valence-electron chi connectivity index (χ0n) is 12.1. The maximum absolute atomic E-state index is 12.7. The van der Waals surface area contributed by atoms with Crippen molar-refractivity contribution in [2.45, 2.75) is 25.7 Å². The van der Waals surface area contributed by atoms with Crippen LogP contribution in [0.4, 0.5) is 11.4 Å². The van der Waals surface area contributed by atoms with Gasteiger partial charge < -0.3 is 15.5 Å². The van der Waals surface area contributed by atoms with Gasteiger partial charge in [0.05, 0.1) is 16.9 Å². The van der Waals surface area contributed by atoms with Crippen molar-refractivity contribution >= 4 is 17.3 Å². The molecule has 0 atom stereocenters. The van der Waals surface area contributed by atoms with Crippen LogP contribution in [0.2, 0.25) is 0 Å². The van der Waals surface area contributed by atoms with Gasteiger partial charge in [-0.25, -0.2) is 0 Å². The first kappa shape index (κ1) is 13.3. The molecule has 0 bridgehead atoms. The number of nitrogens with one attached hydrogen (secondary N) is 2. The average Bonchev–Trinajstić information content (AvgIpc) is 2.99. The third kappa shape index (κ3) is 2.60. The monoisotopic (exact) mass is 273 g/mol. The maximum atomic E-state index is 12.7. The second kappa shape index (κ2) is 5.73. The first-order valence-electron chi connectivity index (χ1n) is 7.62. The Bertz CT molecular complexity index is 494. The van der Waals surface area contributed by atoms with Crippen LogP contribution in [0.5, 0.6) is 0 Å². The molecule has 0 unspecified atom stereocenters. The number of nitrogens with zero attached hydrogens (tertiary/aromatic N) is 1. The van der Waals surface area contributed by atoms with Crippen LogP contribution in [-0.4, -0.2) is 37.5 Å². The molecule has 1 amide bonds. The highest BCUT2D eigenvalue weighted by Gasteiger charge is 2.23. The summed E-state index contributed by atoms with van der Waals surface area (Å²) >= 11 is 0. The highest BCUT2D eigenvalue weighted by Crippen LogP contribution is 2.30. The molecule has 20 heavy (non-hydrogen) atoms. The molecule has 1 aromatic rings. The van der Waals surface area contributed by atoms with Crippen molar-refractivity contribution in [1.82, 2.24) is 4.90 Å². The maximum Gasteiger partial charge on any atom is 0.255 e. The third-order valence-corrected chi connectivity index (χ3v) is 4.39. The van der Waals surface area contributed by atoms with Crippen molar-refractivity contribution in [3.63, 3.8) is 0 Å². The van der Waals surface area contributed by atoms with Gasteiger partial charge in [-0.3, -0.25) is 4.79 Å². The molecule has 1 saturated carbocycles. The fourth-order valence-electron chi connectivity index (χ4n) is 3.32.